The van der Waals surface area contributed by atoms with Crippen molar-refractivity contribution in [2.75, 3.05) is 12.4 Å². The molecule has 0 bridgehead atoms. The first-order valence-electron chi connectivity index (χ1n) is 10.4. The molecule has 0 fully saturated rings. The SMILES string of the molecule is Bc1c(B)c(C(=O)Nc2ncc3ccc(-c4cnc(C)n4C)cc3n2)c(B)c(B)c1OC. The summed E-state index contributed by atoms with van der Waals surface area (Å²) in [5, 5.41) is 3.78. The third kappa shape index (κ3) is 3.57. The number of hydrogen-bond acceptors (Lipinski definition) is 5. The molecule has 0 radical (unpaired) electrons. The van der Waals surface area contributed by atoms with Crippen LogP contribution >= 0.6 is 0 Å². The van der Waals surface area contributed by atoms with Gasteiger partial charge in [0.05, 0.1) is 24.5 Å². The van der Waals surface area contributed by atoms with Crippen molar-refractivity contribution in [2.45, 2.75) is 6.92 Å². The molecule has 0 saturated carbocycles. The van der Waals surface area contributed by atoms with Gasteiger partial charge in [-0.15, -0.1) is 0 Å². The van der Waals surface area contributed by atoms with Crippen LogP contribution in [0.25, 0.3) is 22.2 Å². The Balaban J connectivity index is 1.71. The van der Waals surface area contributed by atoms with Crippen LogP contribution in [0.15, 0.2) is 30.6 Å². The first-order chi connectivity index (χ1) is 15.2. The van der Waals surface area contributed by atoms with Gasteiger partial charge in [0.25, 0.3) is 5.91 Å². The number of carbonyl (C=O) groups is 1. The number of aryl methyl sites for hydroxylation is 1. The Bertz CT molecular complexity index is 1360. The molecule has 4 aromatic rings. The molecule has 32 heavy (non-hydrogen) atoms. The van der Waals surface area contributed by atoms with Crippen molar-refractivity contribution in [1.82, 2.24) is 19.5 Å². The number of fused-ring (bicyclic) bond motifs is 1. The maximum atomic E-state index is 13.2. The maximum Gasteiger partial charge on any atom is 0.256 e. The van der Waals surface area contributed by atoms with E-state index < -0.39 is 0 Å². The lowest BCUT2D eigenvalue weighted by molar-refractivity contribution is 0.102. The normalized spacial score (nSPS) is 11.0. The van der Waals surface area contributed by atoms with E-state index in [0.717, 1.165) is 55.6 Å². The molecule has 1 amide bonds. The first kappa shape index (κ1) is 21.7. The summed E-state index contributed by atoms with van der Waals surface area (Å²) in [5.41, 5.74) is 7.07. The first-order valence-corrected chi connectivity index (χ1v) is 10.4. The van der Waals surface area contributed by atoms with Crippen LogP contribution in [0.1, 0.15) is 16.2 Å². The fraction of sp³-hybridized carbons (Fsp3) is 0.143. The quantitative estimate of drug-likeness (QED) is 0.349. The highest BCUT2D eigenvalue weighted by Crippen LogP contribution is 2.24. The van der Waals surface area contributed by atoms with Crippen molar-refractivity contribution >= 4 is 76.0 Å². The second-order valence-corrected chi connectivity index (χ2v) is 8.08. The van der Waals surface area contributed by atoms with E-state index in [9.17, 15) is 4.79 Å². The lowest BCUT2D eigenvalue weighted by Crippen LogP contribution is -2.48. The lowest BCUT2D eigenvalue weighted by Gasteiger charge is -2.20. The number of imidazole rings is 1. The Morgan fingerprint density at radius 3 is 2.31 bits per heavy atom. The third-order valence-corrected chi connectivity index (χ3v) is 6.31. The summed E-state index contributed by atoms with van der Waals surface area (Å²) < 4.78 is 7.57. The fourth-order valence-electron chi connectivity index (χ4n) is 4.10. The number of carbonyl (C=O) groups excluding carboxylic acids is 1. The highest BCUT2D eigenvalue weighted by atomic mass is 16.5. The number of nitrogens with zero attached hydrogens (tertiary/aromatic N) is 4. The van der Waals surface area contributed by atoms with Gasteiger partial charge < -0.3 is 9.30 Å². The molecule has 2 heterocycles. The van der Waals surface area contributed by atoms with Gasteiger partial charge in [0.1, 0.15) is 43.0 Å². The van der Waals surface area contributed by atoms with Gasteiger partial charge in [-0.25, -0.2) is 15.0 Å². The zero-order valence-electron chi connectivity index (χ0n) is 19.5. The highest BCUT2D eigenvalue weighted by Gasteiger charge is 2.20. The van der Waals surface area contributed by atoms with Crippen molar-refractivity contribution in [3.05, 3.63) is 42.0 Å². The molecule has 0 atom stereocenters. The number of aromatic nitrogens is 4. The van der Waals surface area contributed by atoms with E-state index in [4.69, 9.17) is 4.74 Å². The van der Waals surface area contributed by atoms with E-state index in [1.807, 2.05) is 74.3 Å². The Labute approximate surface area is 190 Å². The van der Waals surface area contributed by atoms with Crippen LogP contribution in [0.2, 0.25) is 0 Å². The standard InChI is InChI=1S/C21H23B4N5O2/c1-9-26-8-13(30(9)2)10-4-5-11-7-27-21(28-12(11)6-10)29-20(31)14-15(22)17(24)19(32-3)18(25)16(14)23/h4-8H,22-25H2,1-3H3,(H,27,28,29,31). The number of hydrogen-bond donors (Lipinski definition) is 1. The van der Waals surface area contributed by atoms with Crippen LogP contribution < -0.4 is 31.9 Å². The van der Waals surface area contributed by atoms with Crippen LogP contribution in [0.4, 0.5) is 5.95 Å². The average Bonchev–Trinajstić information content (AvgIpc) is 3.11. The van der Waals surface area contributed by atoms with Gasteiger partial charge in [-0.1, -0.05) is 34.0 Å². The van der Waals surface area contributed by atoms with Crippen LogP contribution in [-0.4, -0.2) is 63.9 Å². The molecule has 0 aliphatic carbocycles. The minimum Gasteiger partial charge on any atom is -0.498 e. The molecular weight excluding hydrogens is 398 g/mol. The summed E-state index contributed by atoms with van der Waals surface area (Å²) in [4.78, 5) is 26.5. The van der Waals surface area contributed by atoms with E-state index in [1.165, 1.54) is 0 Å². The van der Waals surface area contributed by atoms with Crippen molar-refractivity contribution in [3.63, 3.8) is 0 Å². The molecule has 0 aliphatic rings. The summed E-state index contributed by atoms with van der Waals surface area (Å²) in [6.45, 7) is 1.97. The van der Waals surface area contributed by atoms with E-state index >= 15 is 0 Å². The number of anilines is 1. The largest absolute Gasteiger partial charge is 0.498 e. The summed E-state index contributed by atoms with van der Waals surface area (Å²) in [6.07, 6.45) is 3.57. The summed E-state index contributed by atoms with van der Waals surface area (Å²) in [5.74, 6) is 1.79. The molecule has 156 valence electrons. The fourth-order valence-corrected chi connectivity index (χ4v) is 4.10. The van der Waals surface area contributed by atoms with Crippen molar-refractivity contribution in [3.8, 4) is 17.0 Å². The minimum absolute atomic E-state index is 0.230. The molecule has 0 saturated heterocycles. The van der Waals surface area contributed by atoms with Gasteiger partial charge in [-0.3, -0.25) is 10.1 Å². The van der Waals surface area contributed by atoms with Crippen LogP contribution in [-0.2, 0) is 7.05 Å². The smallest absolute Gasteiger partial charge is 0.256 e. The molecule has 0 aliphatic heterocycles. The van der Waals surface area contributed by atoms with E-state index in [0.29, 0.717) is 5.56 Å². The Kier molecular flexibility index (Phi) is 5.59. The van der Waals surface area contributed by atoms with Gasteiger partial charge in [-0.05, 0) is 13.0 Å². The molecule has 11 heteroatoms. The van der Waals surface area contributed by atoms with Crippen LogP contribution in [0.5, 0.6) is 5.75 Å². The average molecular weight is 421 g/mol. The second-order valence-electron chi connectivity index (χ2n) is 8.08. The number of rotatable bonds is 4. The molecule has 2 aromatic carbocycles. The highest BCUT2D eigenvalue weighted by molar-refractivity contribution is 6.61. The van der Waals surface area contributed by atoms with E-state index in [-0.39, 0.29) is 11.9 Å². The zero-order valence-corrected chi connectivity index (χ0v) is 19.5. The van der Waals surface area contributed by atoms with Crippen molar-refractivity contribution in [2.24, 2.45) is 7.05 Å². The van der Waals surface area contributed by atoms with Gasteiger partial charge in [0.15, 0.2) is 0 Å². The maximum absolute atomic E-state index is 13.2. The van der Waals surface area contributed by atoms with E-state index in [2.05, 4.69) is 20.3 Å². The second kappa shape index (κ2) is 8.22. The Hall–Kier alpha value is -3.48. The Morgan fingerprint density at radius 1 is 1.03 bits per heavy atom. The molecule has 1 N–H and O–H groups in total. The minimum atomic E-state index is -0.230. The number of ether oxygens (including phenoxy) is 1. The topological polar surface area (TPSA) is 81.9 Å². The molecule has 0 unspecified atom stereocenters. The number of amides is 1. The molecule has 4 rings (SSSR count). The summed E-state index contributed by atoms with van der Waals surface area (Å²) >= 11 is 0. The third-order valence-electron chi connectivity index (χ3n) is 6.31. The van der Waals surface area contributed by atoms with Gasteiger partial charge in [0, 0.05) is 29.8 Å². The van der Waals surface area contributed by atoms with E-state index in [1.54, 1.807) is 13.3 Å². The predicted octanol–water partition coefficient (Wildman–Crippen LogP) is -3.37. The lowest BCUT2D eigenvalue weighted by atomic mass is 9.66. The van der Waals surface area contributed by atoms with Crippen molar-refractivity contribution in [1.29, 1.82) is 0 Å². The number of nitrogens with one attached hydrogen (secondary N) is 1. The van der Waals surface area contributed by atoms with Gasteiger partial charge >= 0.3 is 0 Å². The van der Waals surface area contributed by atoms with Crippen LogP contribution in [0, 0.1) is 6.92 Å². The molecule has 2 aromatic heterocycles. The molecular formula is C21H23B4N5O2. The van der Waals surface area contributed by atoms with Gasteiger partial charge in [-0.2, -0.15) is 0 Å². The monoisotopic (exact) mass is 421 g/mol. The van der Waals surface area contributed by atoms with Gasteiger partial charge in [0.2, 0.25) is 5.95 Å². The molecule has 0 spiro atoms. The molecule has 7 nitrogen and oxygen atoms in total. The summed E-state index contributed by atoms with van der Waals surface area (Å²) in [7, 11) is 11.4. The van der Waals surface area contributed by atoms with Crippen molar-refractivity contribution < 1.29 is 9.53 Å². The predicted molar refractivity (Wildman–Crippen MR) is 140 cm³/mol. The summed E-state index contributed by atoms with van der Waals surface area (Å²) in [6, 6.07) is 5.99. The number of benzene rings is 2. The zero-order chi connectivity index (χ0) is 23.2. The van der Waals surface area contributed by atoms with Crippen LogP contribution in [0.3, 0.4) is 0 Å². The Morgan fingerprint density at radius 2 is 1.72 bits per heavy atom. The number of methoxy groups -OCH3 is 1.